The Bertz CT molecular complexity index is 770. The Kier molecular flexibility index (Phi) is 4.18. The molecule has 1 aromatic heterocycles. The molecule has 0 radical (unpaired) electrons. The Balaban J connectivity index is 2.42. The number of hydrogen-bond acceptors (Lipinski definition) is 5. The van der Waals surface area contributed by atoms with E-state index in [0.29, 0.717) is 28.4 Å². The van der Waals surface area contributed by atoms with Crippen LogP contribution < -0.4 is 10.5 Å². The molecule has 0 aliphatic carbocycles. The van der Waals surface area contributed by atoms with Gasteiger partial charge in [-0.15, -0.1) is 0 Å². The number of hydrogen-bond donors (Lipinski definition) is 1. The summed E-state index contributed by atoms with van der Waals surface area (Å²) in [5.74, 6) is 0.409. The number of nitrogen functional groups attached to an aromatic ring is 1. The van der Waals surface area contributed by atoms with Crippen molar-refractivity contribution in [1.29, 1.82) is 0 Å². The minimum atomic E-state index is -3.51. The van der Waals surface area contributed by atoms with Crippen LogP contribution in [0.3, 0.4) is 0 Å². The Labute approximate surface area is 124 Å². The van der Waals surface area contributed by atoms with Gasteiger partial charge in [0.1, 0.15) is 5.75 Å². The molecule has 0 atom stereocenters. The minimum Gasteiger partial charge on any atom is -0.497 e. The lowest BCUT2D eigenvalue weighted by Crippen LogP contribution is -2.09. The van der Waals surface area contributed by atoms with Gasteiger partial charge in [0.15, 0.2) is 9.84 Å². The summed E-state index contributed by atoms with van der Waals surface area (Å²) in [5.41, 5.74) is 7.98. The van der Waals surface area contributed by atoms with Crippen molar-refractivity contribution in [1.82, 2.24) is 4.98 Å². The first-order valence-corrected chi connectivity index (χ1v) is 8.08. The van der Waals surface area contributed by atoms with Gasteiger partial charge >= 0.3 is 0 Å². The molecule has 2 N–H and O–H groups in total. The largest absolute Gasteiger partial charge is 0.497 e. The lowest BCUT2D eigenvalue weighted by atomic mass is 10.2. The number of anilines is 1. The summed E-state index contributed by atoms with van der Waals surface area (Å²) in [4.78, 5) is 4.49. The highest BCUT2D eigenvalue weighted by Crippen LogP contribution is 2.24. The molecule has 5 nitrogen and oxygen atoms in total. The summed E-state index contributed by atoms with van der Waals surface area (Å²) in [6.45, 7) is 3.50. The summed E-state index contributed by atoms with van der Waals surface area (Å²) in [6, 6.07) is 8.27. The van der Waals surface area contributed by atoms with Crippen molar-refractivity contribution >= 4 is 15.5 Å². The quantitative estimate of drug-likeness (QED) is 0.876. The van der Waals surface area contributed by atoms with Crippen LogP contribution in [0, 0.1) is 13.8 Å². The van der Waals surface area contributed by atoms with Gasteiger partial charge in [0, 0.05) is 23.5 Å². The van der Waals surface area contributed by atoms with Crippen LogP contribution in [-0.4, -0.2) is 20.5 Å². The molecular formula is C15H18N2O3S. The van der Waals surface area contributed by atoms with Crippen LogP contribution in [0.15, 0.2) is 35.2 Å². The third-order valence-electron chi connectivity index (χ3n) is 3.21. The van der Waals surface area contributed by atoms with Crippen LogP contribution in [0.4, 0.5) is 5.69 Å². The van der Waals surface area contributed by atoms with Gasteiger partial charge in [0.25, 0.3) is 0 Å². The van der Waals surface area contributed by atoms with E-state index in [2.05, 4.69) is 4.98 Å². The molecular weight excluding hydrogens is 288 g/mol. The minimum absolute atomic E-state index is 0.185. The van der Waals surface area contributed by atoms with Crippen LogP contribution in [0.1, 0.15) is 17.0 Å². The molecule has 112 valence electrons. The highest BCUT2D eigenvalue weighted by Gasteiger charge is 2.20. The smallest absolute Gasteiger partial charge is 0.184 e. The summed E-state index contributed by atoms with van der Waals surface area (Å²) in [5, 5.41) is 0. The fraction of sp³-hybridized carbons (Fsp3) is 0.267. The lowest BCUT2D eigenvalue weighted by Gasteiger charge is -2.10. The Morgan fingerprint density at radius 3 is 2.62 bits per heavy atom. The number of nitrogens with zero attached hydrogens (tertiary/aromatic N) is 1. The first-order valence-electron chi connectivity index (χ1n) is 6.43. The third kappa shape index (κ3) is 3.33. The van der Waals surface area contributed by atoms with Crippen molar-refractivity contribution in [2.75, 3.05) is 12.8 Å². The molecule has 2 rings (SSSR count). The van der Waals surface area contributed by atoms with Crippen molar-refractivity contribution in [3.8, 4) is 5.75 Å². The Hall–Kier alpha value is -2.08. The third-order valence-corrected chi connectivity index (χ3v) is 5.00. The maximum absolute atomic E-state index is 12.5. The van der Waals surface area contributed by atoms with E-state index >= 15 is 0 Å². The SMILES string of the molecule is COc1cc(C)nc(CS(=O)(=O)c2cccc(N)c2C)c1. The van der Waals surface area contributed by atoms with Gasteiger partial charge < -0.3 is 10.5 Å². The van der Waals surface area contributed by atoms with Gasteiger partial charge in [-0.2, -0.15) is 0 Å². The van der Waals surface area contributed by atoms with Crippen LogP contribution in [-0.2, 0) is 15.6 Å². The monoisotopic (exact) mass is 306 g/mol. The summed E-state index contributed by atoms with van der Waals surface area (Å²) in [7, 11) is -1.97. The molecule has 0 amide bonds. The molecule has 2 aromatic rings. The van der Waals surface area contributed by atoms with Crippen molar-refractivity contribution in [3.63, 3.8) is 0 Å². The highest BCUT2D eigenvalue weighted by molar-refractivity contribution is 7.90. The molecule has 0 saturated carbocycles. The lowest BCUT2D eigenvalue weighted by molar-refractivity contribution is 0.413. The summed E-state index contributed by atoms with van der Waals surface area (Å²) in [6.07, 6.45) is 0. The molecule has 6 heteroatoms. The average molecular weight is 306 g/mol. The molecule has 1 aromatic carbocycles. The molecule has 0 saturated heterocycles. The number of pyridine rings is 1. The maximum Gasteiger partial charge on any atom is 0.184 e. The van der Waals surface area contributed by atoms with E-state index in [1.807, 2.05) is 0 Å². The van der Waals surface area contributed by atoms with E-state index in [1.165, 1.54) is 7.11 Å². The van der Waals surface area contributed by atoms with E-state index in [-0.39, 0.29) is 10.6 Å². The second kappa shape index (κ2) is 5.73. The van der Waals surface area contributed by atoms with E-state index in [0.717, 1.165) is 0 Å². The number of ether oxygens (including phenoxy) is 1. The number of aryl methyl sites for hydroxylation is 1. The highest BCUT2D eigenvalue weighted by atomic mass is 32.2. The Morgan fingerprint density at radius 2 is 1.95 bits per heavy atom. The van der Waals surface area contributed by atoms with Crippen LogP contribution >= 0.6 is 0 Å². The molecule has 0 aliphatic heterocycles. The number of sulfone groups is 1. The van der Waals surface area contributed by atoms with Gasteiger partial charge in [-0.25, -0.2) is 8.42 Å². The standard InChI is InChI=1S/C15H18N2O3S/c1-10-7-13(20-3)8-12(17-10)9-21(18,19)15-6-4-5-14(16)11(15)2/h4-8H,9,16H2,1-3H3. The number of nitrogens with two attached hydrogens (primary N) is 1. The van der Waals surface area contributed by atoms with Gasteiger partial charge in [0.2, 0.25) is 0 Å². The molecule has 1 heterocycles. The summed E-state index contributed by atoms with van der Waals surface area (Å²) >= 11 is 0. The topological polar surface area (TPSA) is 82.3 Å². The Morgan fingerprint density at radius 1 is 1.24 bits per heavy atom. The fourth-order valence-corrected chi connectivity index (χ4v) is 3.70. The molecule has 0 fully saturated rings. The van der Waals surface area contributed by atoms with E-state index < -0.39 is 9.84 Å². The predicted molar refractivity (Wildman–Crippen MR) is 82.0 cm³/mol. The van der Waals surface area contributed by atoms with Gasteiger partial charge in [-0.1, -0.05) is 6.07 Å². The maximum atomic E-state index is 12.5. The first-order chi connectivity index (χ1) is 9.83. The second-order valence-corrected chi connectivity index (χ2v) is 6.83. The normalized spacial score (nSPS) is 11.4. The number of aromatic nitrogens is 1. The fourth-order valence-electron chi connectivity index (χ4n) is 2.14. The number of rotatable bonds is 4. The average Bonchev–Trinajstić information content (AvgIpc) is 2.40. The zero-order chi connectivity index (χ0) is 15.6. The predicted octanol–water partition coefficient (Wildman–Crippen LogP) is 2.26. The number of methoxy groups -OCH3 is 1. The van der Waals surface area contributed by atoms with Crippen molar-refractivity contribution in [2.24, 2.45) is 0 Å². The van der Waals surface area contributed by atoms with Gasteiger partial charge in [-0.3, -0.25) is 4.98 Å². The van der Waals surface area contributed by atoms with E-state index in [1.54, 1.807) is 44.2 Å². The van der Waals surface area contributed by atoms with Crippen molar-refractivity contribution < 1.29 is 13.2 Å². The van der Waals surface area contributed by atoms with E-state index in [4.69, 9.17) is 10.5 Å². The zero-order valence-corrected chi connectivity index (χ0v) is 13.1. The second-order valence-electron chi connectivity index (χ2n) is 4.87. The van der Waals surface area contributed by atoms with Crippen LogP contribution in [0.2, 0.25) is 0 Å². The van der Waals surface area contributed by atoms with Gasteiger partial charge in [-0.05, 0) is 31.5 Å². The van der Waals surface area contributed by atoms with Gasteiger partial charge in [0.05, 0.1) is 23.5 Å². The van der Waals surface area contributed by atoms with Crippen molar-refractivity contribution in [3.05, 3.63) is 47.3 Å². The number of benzene rings is 1. The molecule has 0 spiro atoms. The molecule has 21 heavy (non-hydrogen) atoms. The zero-order valence-electron chi connectivity index (χ0n) is 12.3. The van der Waals surface area contributed by atoms with Crippen LogP contribution in [0.25, 0.3) is 0 Å². The van der Waals surface area contributed by atoms with Crippen molar-refractivity contribution in [2.45, 2.75) is 24.5 Å². The molecule has 0 aliphatic rings. The van der Waals surface area contributed by atoms with Crippen LogP contribution in [0.5, 0.6) is 5.75 Å². The van der Waals surface area contributed by atoms with E-state index in [9.17, 15) is 8.42 Å². The molecule has 0 bridgehead atoms. The molecule has 0 unspecified atom stereocenters. The first kappa shape index (κ1) is 15.3. The summed E-state index contributed by atoms with van der Waals surface area (Å²) < 4.78 is 30.2.